The van der Waals surface area contributed by atoms with E-state index in [1.54, 1.807) is 24.5 Å². The van der Waals surface area contributed by atoms with E-state index in [0.717, 1.165) is 0 Å². The summed E-state index contributed by atoms with van der Waals surface area (Å²) in [5, 5.41) is 13.6. The van der Waals surface area contributed by atoms with Crippen molar-refractivity contribution in [3.63, 3.8) is 0 Å². The lowest BCUT2D eigenvalue weighted by Gasteiger charge is -2.14. The summed E-state index contributed by atoms with van der Waals surface area (Å²) < 4.78 is 11.2. The number of aliphatic hydroxyl groups is 1. The predicted molar refractivity (Wildman–Crippen MR) is 71.1 cm³/mol. The summed E-state index contributed by atoms with van der Waals surface area (Å²) in [6.45, 7) is 3.94. The van der Waals surface area contributed by atoms with Crippen molar-refractivity contribution < 1.29 is 14.4 Å². The van der Waals surface area contributed by atoms with Gasteiger partial charge in [0.1, 0.15) is 0 Å². The Bertz CT molecular complexity index is 591. The molecular weight excluding hydrogens is 262 g/mol. The molecule has 0 aliphatic carbocycles. The molecule has 0 bridgehead atoms. The van der Waals surface area contributed by atoms with Gasteiger partial charge in [0, 0.05) is 18.0 Å². The van der Waals surface area contributed by atoms with Crippen LogP contribution in [0.1, 0.15) is 13.8 Å². The summed E-state index contributed by atoms with van der Waals surface area (Å²) in [5.74, 6) is -0.279. The Kier molecular flexibility index (Phi) is 4.65. The van der Waals surface area contributed by atoms with Gasteiger partial charge in [-0.05, 0) is 26.0 Å². The summed E-state index contributed by atoms with van der Waals surface area (Å²) in [7, 11) is 0. The highest BCUT2D eigenvalue weighted by molar-refractivity contribution is 5.52. The second-order valence-corrected chi connectivity index (χ2v) is 4.66. The van der Waals surface area contributed by atoms with Gasteiger partial charge in [0.15, 0.2) is 5.82 Å². The highest BCUT2D eigenvalue weighted by Crippen LogP contribution is 2.14. The number of nitrogens with zero attached hydrogens (tertiary/aromatic N) is 3. The van der Waals surface area contributed by atoms with Crippen LogP contribution >= 0.6 is 0 Å². The fraction of sp³-hybridized carbons (Fsp3) is 0.462. The first-order valence-corrected chi connectivity index (χ1v) is 6.34. The topological polar surface area (TPSA) is 90.4 Å². The number of hydrogen-bond acceptors (Lipinski definition) is 6. The molecule has 0 aliphatic rings. The molecule has 108 valence electrons. The fourth-order valence-electron chi connectivity index (χ4n) is 1.70. The van der Waals surface area contributed by atoms with Crippen LogP contribution in [0.3, 0.4) is 0 Å². The molecule has 1 N–H and O–H groups in total. The molecule has 2 aromatic heterocycles. The zero-order valence-corrected chi connectivity index (χ0v) is 11.4. The average molecular weight is 279 g/mol. The van der Waals surface area contributed by atoms with Crippen LogP contribution < -0.4 is 5.76 Å². The molecule has 7 nitrogen and oxygen atoms in total. The smallest absolute Gasteiger partial charge is 0.389 e. The normalized spacial score (nSPS) is 12.8. The minimum Gasteiger partial charge on any atom is -0.389 e. The number of hydrogen-bond donors (Lipinski definition) is 1. The maximum atomic E-state index is 11.6. The second kappa shape index (κ2) is 6.44. The van der Waals surface area contributed by atoms with Crippen molar-refractivity contribution >= 4 is 0 Å². The molecule has 0 saturated heterocycles. The lowest BCUT2D eigenvalue weighted by atomic mass is 10.2. The second-order valence-electron chi connectivity index (χ2n) is 4.66. The number of rotatable bonds is 6. The molecule has 1 unspecified atom stereocenters. The van der Waals surface area contributed by atoms with E-state index < -0.39 is 11.9 Å². The third kappa shape index (κ3) is 3.52. The minimum absolute atomic E-state index is 0.0154. The molecule has 20 heavy (non-hydrogen) atoms. The van der Waals surface area contributed by atoms with Gasteiger partial charge >= 0.3 is 5.76 Å². The average Bonchev–Trinajstić information content (AvgIpc) is 2.79. The Morgan fingerprint density at radius 1 is 1.50 bits per heavy atom. The lowest BCUT2D eigenvalue weighted by Crippen LogP contribution is -2.28. The van der Waals surface area contributed by atoms with E-state index >= 15 is 0 Å². The number of pyridine rings is 1. The van der Waals surface area contributed by atoms with Gasteiger partial charge in [-0.1, -0.05) is 5.16 Å². The summed E-state index contributed by atoms with van der Waals surface area (Å²) in [6, 6.07) is 3.49. The Balaban J connectivity index is 2.16. The molecule has 0 spiro atoms. The Labute approximate surface area is 115 Å². The zero-order valence-electron chi connectivity index (χ0n) is 11.4. The highest BCUT2D eigenvalue weighted by Gasteiger charge is 2.16. The van der Waals surface area contributed by atoms with E-state index in [-0.39, 0.29) is 19.3 Å². The van der Waals surface area contributed by atoms with Gasteiger partial charge in [0.05, 0.1) is 25.4 Å². The number of ether oxygens (including phenoxy) is 1. The molecule has 1 atom stereocenters. The van der Waals surface area contributed by atoms with Gasteiger partial charge in [-0.15, -0.1) is 0 Å². The van der Waals surface area contributed by atoms with Gasteiger partial charge in [-0.25, -0.2) is 4.79 Å². The van der Waals surface area contributed by atoms with E-state index in [2.05, 4.69) is 14.7 Å². The minimum atomic E-state index is -0.815. The standard InChI is InChI=1S/C13H17N3O4/c1-9(2)19-8-11(17)7-16-12(15-20-13(16)18)10-4-3-5-14-6-10/h3-6,9,11,17H,7-8H2,1-2H3. The maximum Gasteiger partial charge on any atom is 0.441 e. The van der Waals surface area contributed by atoms with Crippen molar-refractivity contribution in [1.29, 1.82) is 0 Å². The number of aromatic nitrogens is 3. The van der Waals surface area contributed by atoms with Crippen LogP contribution in [-0.4, -0.2) is 38.6 Å². The van der Waals surface area contributed by atoms with E-state index in [1.807, 2.05) is 13.8 Å². The molecule has 0 saturated carbocycles. The van der Waals surface area contributed by atoms with Crippen molar-refractivity contribution in [2.24, 2.45) is 0 Å². The van der Waals surface area contributed by atoms with Crippen LogP contribution in [0.15, 0.2) is 33.8 Å². The highest BCUT2D eigenvalue weighted by atomic mass is 16.5. The fourth-order valence-corrected chi connectivity index (χ4v) is 1.70. The molecule has 7 heteroatoms. The van der Waals surface area contributed by atoms with E-state index in [0.29, 0.717) is 11.4 Å². The third-order valence-electron chi connectivity index (χ3n) is 2.62. The van der Waals surface area contributed by atoms with Gasteiger partial charge in [-0.3, -0.25) is 14.1 Å². The first-order chi connectivity index (χ1) is 9.58. The third-order valence-corrected chi connectivity index (χ3v) is 2.62. The predicted octanol–water partition coefficient (Wildman–Crippen LogP) is 0.684. The van der Waals surface area contributed by atoms with Gasteiger partial charge in [-0.2, -0.15) is 0 Å². The van der Waals surface area contributed by atoms with Crippen molar-refractivity contribution in [1.82, 2.24) is 14.7 Å². The largest absolute Gasteiger partial charge is 0.441 e. The van der Waals surface area contributed by atoms with Gasteiger partial charge in [0.25, 0.3) is 0 Å². The van der Waals surface area contributed by atoms with Crippen LogP contribution in [0.25, 0.3) is 11.4 Å². The molecular formula is C13H17N3O4. The summed E-state index contributed by atoms with van der Waals surface area (Å²) in [4.78, 5) is 15.6. The molecule has 0 radical (unpaired) electrons. The van der Waals surface area contributed by atoms with Gasteiger partial charge < -0.3 is 9.84 Å². The summed E-state index contributed by atoms with van der Waals surface area (Å²) >= 11 is 0. The number of aliphatic hydroxyl groups excluding tert-OH is 1. The van der Waals surface area contributed by atoms with E-state index in [9.17, 15) is 9.90 Å². The SMILES string of the molecule is CC(C)OCC(O)Cn1c(-c2cccnc2)noc1=O. The molecule has 0 aliphatic heterocycles. The quantitative estimate of drug-likeness (QED) is 0.836. The Hall–Kier alpha value is -1.99. The molecule has 2 aromatic rings. The zero-order chi connectivity index (χ0) is 14.5. The first kappa shape index (κ1) is 14.4. The van der Waals surface area contributed by atoms with E-state index in [1.165, 1.54) is 4.57 Å². The first-order valence-electron chi connectivity index (χ1n) is 6.34. The van der Waals surface area contributed by atoms with Gasteiger partial charge in [0.2, 0.25) is 0 Å². The lowest BCUT2D eigenvalue weighted by molar-refractivity contribution is -0.00119. The maximum absolute atomic E-state index is 11.6. The molecule has 2 heterocycles. The van der Waals surface area contributed by atoms with Crippen LogP contribution in [-0.2, 0) is 11.3 Å². The van der Waals surface area contributed by atoms with Crippen LogP contribution in [0, 0.1) is 0 Å². The summed E-state index contributed by atoms with van der Waals surface area (Å²) in [6.07, 6.45) is 2.40. The molecule has 0 fully saturated rings. The van der Waals surface area contributed by atoms with Crippen LogP contribution in [0.4, 0.5) is 0 Å². The Morgan fingerprint density at radius 3 is 2.95 bits per heavy atom. The van der Waals surface area contributed by atoms with E-state index in [4.69, 9.17) is 4.74 Å². The summed E-state index contributed by atoms with van der Waals surface area (Å²) in [5.41, 5.74) is 0.648. The van der Waals surface area contributed by atoms with Crippen LogP contribution in [0.2, 0.25) is 0 Å². The van der Waals surface area contributed by atoms with Crippen molar-refractivity contribution in [2.45, 2.75) is 32.6 Å². The molecule has 0 aromatic carbocycles. The van der Waals surface area contributed by atoms with Crippen molar-refractivity contribution in [2.75, 3.05) is 6.61 Å². The van der Waals surface area contributed by atoms with Crippen molar-refractivity contribution in [3.05, 3.63) is 35.1 Å². The van der Waals surface area contributed by atoms with Crippen molar-refractivity contribution in [3.8, 4) is 11.4 Å². The molecule has 0 amide bonds. The Morgan fingerprint density at radius 2 is 2.30 bits per heavy atom. The monoisotopic (exact) mass is 279 g/mol. The van der Waals surface area contributed by atoms with Crippen LogP contribution in [0.5, 0.6) is 0 Å². The molecule has 2 rings (SSSR count).